The lowest BCUT2D eigenvalue weighted by atomic mass is 9.65. The number of benzene rings is 3. The Labute approximate surface area is 278 Å². The fourth-order valence-electron chi connectivity index (χ4n) is 9.96. The van der Waals surface area contributed by atoms with E-state index in [9.17, 15) is 0 Å². The van der Waals surface area contributed by atoms with Gasteiger partial charge in [0.05, 0.1) is 10.9 Å². The molecule has 1 unspecified atom stereocenters. The Balaban J connectivity index is 1.66. The molecule has 1 nitrogen and oxygen atoms in total. The number of hydrogen-bond donors (Lipinski definition) is 0. The SMILES string of the molecule is CCC(CC)C1=CC2(CC(C(CC)CC)=C1)c1cc3c(C)cc(C)cc3c3c1-c1c4c(cc(CC(C)(C)C)cc4cc[n+]12)C3(C)C. The lowest BCUT2D eigenvalue weighted by molar-refractivity contribution is -0.726. The van der Waals surface area contributed by atoms with Gasteiger partial charge in [-0.3, -0.25) is 0 Å². The third-order valence-electron chi connectivity index (χ3n) is 12.1. The molecule has 240 valence electrons. The van der Waals surface area contributed by atoms with Crippen LogP contribution < -0.4 is 4.57 Å². The van der Waals surface area contributed by atoms with Gasteiger partial charge in [0.1, 0.15) is 0 Å². The van der Waals surface area contributed by atoms with Crippen LogP contribution in [0.2, 0.25) is 0 Å². The van der Waals surface area contributed by atoms with Crippen molar-refractivity contribution in [3.05, 3.63) is 99.3 Å². The molecule has 46 heavy (non-hydrogen) atoms. The maximum absolute atomic E-state index is 2.75. The molecule has 0 radical (unpaired) electrons. The Bertz CT molecular complexity index is 1960. The van der Waals surface area contributed by atoms with Crippen molar-refractivity contribution in [2.75, 3.05) is 0 Å². The summed E-state index contributed by atoms with van der Waals surface area (Å²) in [5, 5.41) is 5.77. The second-order valence-corrected chi connectivity index (χ2v) is 16.8. The molecule has 0 saturated carbocycles. The molecule has 3 aromatic carbocycles. The third-order valence-corrected chi connectivity index (χ3v) is 12.1. The van der Waals surface area contributed by atoms with Crippen LogP contribution in [-0.2, 0) is 17.4 Å². The first-order valence-corrected chi connectivity index (χ1v) is 18.3. The van der Waals surface area contributed by atoms with Crippen molar-refractivity contribution in [2.45, 2.75) is 126 Å². The molecule has 1 spiro atoms. The summed E-state index contributed by atoms with van der Waals surface area (Å²) < 4.78 is 2.75. The topological polar surface area (TPSA) is 3.88 Å². The summed E-state index contributed by atoms with van der Waals surface area (Å²) in [6.45, 7) is 26.3. The Morgan fingerprint density at radius 3 is 2.17 bits per heavy atom. The fourth-order valence-corrected chi connectivity index (χ4v) is 9.96. The van der Waals surface area contributed by atoms with Crippen LogP contribution in [0.1, 0.15) is 128 Å². The highest BCUT2D eigenvalue weighted by Crippen LogP contribution is 2.58. The zero-order valence-electron chi connectivity index (χ0n) is 30.5. The first kappa shape index (κ1) is 31.4. The standard InChI is InChI=1S/C45H56N/c1-12-30(13-2)33-22-34(31(14-3)15-4)26-45(25-33)38-23-35-28(6)18-27(5)19-36(35)41-40(38)42-39-32(16-17-46(42)45)20-29(24-43(7,8)9)21-37(39)44(41,10)11/h16-23,25,30-31H,12-15,24,26H2,1-11H3/q+1. The zero-order valence-corrected chi connectivity index (χ0v) is 30.5. The molecule has 0 N–H and O–H groups in total. The van der Waals surface area contributed by atoms with E-state index < -0.39 is 0 Å². The number of aryl methyl sites for hydroxylation is 2. The van der Waals surface area contributed by atoms with Gasteiger partial charge in [-0.05, 0) is 119 Å². The Hall–Kier alpha value is -3.19. The van der Waals surface area contributed by atoms with Gasteiger partial charge in [-0.2, -0.15) is 4.57 Å². The fraction of sp³-hybridized carbons (Fsp3) is 0.489. The quantitative estimate of drug-likeness (QED) is 0.183. The molecule has 0 amide bonds. The van der Waals surface area contributed by atoms with Gasteiger partial charge >= 0.3 is 0 Å². The van der Waals surface area contributed by atoms with Gasteiger partial charge in [-0.25, -0.2) is 0 Å². The van der Waals surface area contributed by atoms with Crippen molar-refractivity contribution in [3.63, 3.8) is 0 Å². The normalized spacial score (nSPS) is 19.6. The number of aromatic nitrogens is 1. The maximum atomic E-state index is 2.75. The number of pyridine rings is 1. The lowest BCUT2D eigenvalue weighted by Crippen LogP contribution is -2.55. The zero-order chi connectivity index (χ0) is 32.9. The highest BCUT2D eigenvalue weighted by atomic mass is 15.1. The van der Waals surface area contributed by atoms with E-state index in [0.717, 1.165) is 12.8 Å². The second-order valence-electron chi connectivity index (χ2n) is 16.8. The lowest BCUT2D eigenvalue weighted by Gasteiger charge is -2.35. The number of rotatable bonds is 7. The predicted octanol–water partition coefficient (Wildman–Crippen LogP) is 12.0. The van der Waals surface area contributed by atoms with Crippen LogP contribution in [0.3, 0.4) is 0 Å². The summed E-state index contributed by atoms with van der Waals surface area (Å²) in [5.74, 6) is 1.20. The second kappa shape index (κ2) is 10.7. The molecule has 1 aromatic heterocycles. The molecule has 7 rings (SSSR count). The van der Waals surface area contributed by atoms with Crippen molar-refractivity contribution in [3.8, 4) is 11.3 Å². The van der Waals surface area contributed by atoms with Crippen molar-refractivity contribution in [1.82, 2.24) is 0 Å². The van der Waals surface area contributed by atoms with Crippen molar-refractivity contribution < 1.29 is 4.57 Å². The summed E-state index contributed by atoms with van der Waals surface area (Å²) >= 11 is 0. The van der Waals surface area contributed by atoms with Crippen molar-refractivity contribution in [1.29, 1.82) is 0 Å². The smallest absolute Gasteiger partial charge is 0.184 e. The Morgan fingerprint density at radius 1 is 0.826 bits per heavy atom. The van der Waals surface area contributed by atoms with Crippen molar-refractivity contribution >= 4 is 21.5 Å². The largest absolute Gasteiger partial charge is 0.222 e. The van der Waals surface area contributed by atoms with E-state index >= 15 is 0 Å². The van der Waals surface area contributed by atoms with Gasteiger partial charge in [0, 0.05) is 23.5 Å². The summed E-state index contributed by atoms with van der Waals surface area (Å²) in [5.41, 5.74) is 14.9. The highest BCUT2D eigenvalue weighted by molar-refractivity contribution is 6.07. The molecule has 4 aromatic rings. The average molecular weight is 611 g/mol. The molecule has 1 aliphatic heterocycles. The van der Waals surface area contributed by atoms with Gasteiger partial charge in [-0.1, -0.05) is 104 Å². The Kier molecular flexibility index (Phi) is 7.28. The maximum Gasteiger partial charge on any atom is 0.222 e. The van der Waals surface area contributed by atoms with Crippen LogP contribution in [0.4, 0.5) is 0 Å². The number of allylic oxidation sites excluding steroid dienone is 4. The summed E-state index contributed by atoms with van der Waals surface area (Å²) in [4.78, 5) is 0. The first-order valence-electron chi connectivity index (χ1n) is 18.3. The van der Waals surface area contributed by atoms with Gasteiger partial charge in [-0.15, -0.1) is 0 Å². The van der Waals surface area contributed by atoms with E-state index in [0.29, 0.717) is 11.8 Å². The average Bonchev–Trinajstić information content (AvgIpc) is 3.23. The van der Waals surface area contributed by atoms with Gasteiger partial charge in [0.15, 0.2) is 6.20 Å². The van der Waals surface area contributed by atoms with Crippen LogP contribution in [0.15, 0.2) is 65.9 Å². The van der Waals surface area contributed by atoms with Crippen LogP contribution >= 0.6 is 0 Å². The summed E-state index contributed by atoms with van der Waals surface area (Å²) in [6, 6.07) is 15.1. The first-order chi connectivity index (χ1) is 21.8. The number of hydrogen-bond acceptors (Lipinski definition) is 0. The van der Waals surface area contributed by atoms with Crippen LogP contribution in [0.5, 0.6) is 0 Å². The molecular weight excluding hydrogens is 555 g/mol. The third kappa shape index (κ3) is 4.43. The number of fused-ring (bicyclic) bond motifs is 4. The molecule has 2 heterocycles. The van der Waals surface area contributed by atoms with E-state index in [-0.39, 0.29) is 16.4 Å². The van der Waals surface area contributed by atoms with Gasteiger partial charge in [0.25, 0.3) is 0 Å². The van der Waals surface area contributed by atoms with E-state index in [2.05, 4.69) is 135 Å². The molecule has 0 bridgehead atoms. The van der Waals surface area contributed by atoms with E-state index in [1.54, 1.807) is 16.7 Å². The van der Waals surface area contributed by atoms with Crippen LogP contribution in [0, 0.1) is 31.1 Å². The van der Waals surface area contributed by atoms with E-state index in [1.807, 2.05) is 0 Å². The van der Waals surface area contributed by atoms with Crippen LogP contribution in [0.25, 0.3) is 32.8 Å². The summed E-state index contributed by atoms with van der Waals surface area (Å²) in [7, 11) is 0. The summed E-state index contributed by atoms with van der Waals surface area (Å²) in [6.07, 6.45) is 14.8. The molecule has 0 saturated heterocycles. The Morgan fingerprint density at radius 2 is 1.52 bits per heavy atom. The van der Waals surface area contributed by atoms with Gasteiger partial charge < -0.3 is 0 Å². The monoisotopic (exact) mass is 610 g/mol. The number of nitrogens with zero attached hydrogens (tertiary/aromatic N) is 1. The van der Waals surface area contributed by atoms with Gasteiger partial charge in [0.2, 0.25) is 11.2 Å². The molecule has 3 aliphatic rings. The predicted molar refractivity (Wildman–Crippen MR) is 198 cm³/mol. The highest BCUT2D eigenvalue weighted by Gasteiger charge is 2.57. The van der Waals surface area contributed by atoms with Crippen LogP contribution in [-0.4, -0.2) is 0 Å². The van der Waals surface area contributed by atoms with E-state index in [4.69, 9.17) is 0 Å². The minimum atomic E-state index is -0.217. The van der Waals surface area contributed by atoms with Crippen molar-refractivity contribution in [2.24, 2.45) is 17.3 Å². The molecule has 1 heteroatoms. The minimum Gasteiger partial charge on any atom is -0.184 e. The molecular formula is C45H56N+. The molecule has 0 fully saturated rings. The van der Waals surface area contributed by atoms with E-state index in [1.165, 1.54) is 86.3 Å². The molecule has 1 atom stereocenters. The minimum absolute atomic E-state index is 0.127. The molecule has 2 aliphatic carbocycles.